The average Bonchev–Trinajstić information content (AvgIpc) is 3.26. The summed E-state index contributed by atoms with van der Waals surface area (Å²) < 4.78 is 99.6. The van der Waals surface area contributed by atoms with Crippen molar-refractivity contribution in [3.63, 3.8) is 0 Å². The lowest BCUT2D eigenvalue weighted by Crippen LogP contribution is -2.39. The number of carbonyl (C=O) groups is 1. The van der Waals surface area contributed by atoms with Crippen LogP contribution in [0.15, 0.2) is 42.5 Å². The minimum absolute atomic E-state index is 0.0650. The molecule has 2 saturated heterocycles. The molecule has 1 amide bonds. The molecule has 0 saturated carbocycles. The molecule has 0 aliphatic carbocycles. The van der Waals surface area contributed by atoms with Crippen LogP contribution in [0.1, 0.15) is 54.5 Å². The number of nitrogens with zero attached hydrogens (tertiary/aromatic N) is 1. The molecule has 0 aromatic heterocycles. The second-order valence-corrected chi connectivity index (χ2v) is 9.73. The zero-order valence-corrected chi connectivity index (χ0v) is 19.5. The Morgan fingerprint density at radius 1 is 1.06 bits per heavy atom. The summed E-state index contributed by atoms with van der Waals surface area (Å²) in [6.45, 7) is 3.31. The van der Waals surface area contributed by atoms with E-state index in [-0.39, 0.29) is 36.7 Å². The van der Waals surface area contributed by atoms with E-state index in [2.05, 4.69) is 0 Å². The van der Waals surface area contributed by atoms with Crippen molar-refractivity contribution in [2.45, 2.75) is 56.8 Å². The quantitative estimate of drug-likeness (QED) is 0.519. The number of ether oxygens (including phenoxy) is 1. The average molecular weight is 518 g/mol. The van der Waals surface area contributed by atoms with Crippen molar-refractivity contribution in [1.82, 2.24) is 4.90 Å². The lowest BCUT2D eigenvalue weighted by Gasteiger charge is -2.29. The minimum Gasteiger partial charge on any atom is -0.368 e. The molecule has 2 aromatic carbocycles. The Morgan fingerprint density at radius 3 is 2.11 bits per heavy atom. The predicted molar refractivity (Wildman–Crippen MR) is 116 cm³/mol. The van der Waals surface area contributed by atoms with Gasteiger partial charge in [0, 0.05) is 25.0 Å². The first-order valence-corrected chi connectivity index (χ1v) is 11.4. The monoisotopic (exact) mass is 518 g/mol. The first-order valence-electron chi connectivity index (χ1n) is 11.4. The number of hydrogen-bond acceptors (Lipinski definition) is 3. The molecule has 4 nitrogen and oxygen atoms in total. The Balaban J connectivity index is 1.68. The molecule has 196 valence electrons. The summed E-state index contributed by atoms with van der Waals surface area (Å²) in [5.41, 5.74) is 2.53. The van der Waals surface area contributed by atoms with Crippen molar-refractivity contribution in [1.29, 1.82) is 0 Å². The Kier molecular flexibility index (Phi) is 6.62. The molecule has 0 bridgehead atoms. The zero-order valence-electron chi connectivity index (χ0n) is 19.5. The van der Waals surface area contributed by atoms with Crippen LogP contribution in [0.25, 0.3) is 0 Å². The van der Waals surface area contributed by atoms with E-state index < -0.39 is 52.8 Å². The Bertz CT molecular complexity index is 1100. The van der Waals surface area contributed by atoms with Crippen LogP contribution in [0.4, 0.5) is 30.7 Å². The Labute approximate surface area is 203 Å². The van der Waals surface area contributed by atoms with Crippen molar-refractivity contribution in [2.75, 3.05) is 13.1 Å². The van der Waals surface area contributed by atoms with Gasteiger partial charge < -0.3 is 15.4 Å². The lowest BCUT2D eigenvalue weighted by atomic mass is 9.80. The van der Waals surface area contributed by atoms with Gasteiger partial charge in [0.25, 0.3) is 0 Å². The standard InChI is InChI=1S/C25H25F7N2O2/c1-13(15-7-16(24(27,28)29)9-17(8-15)25(30,31)32)36-20-11-34-19(10-23(2,12-33)22(34)35)21(20)14-3-5-18(26)6-4-14/h3-9,13,19-21H,10-12,33H2,1-2H3/t13-,19+,20+,21+,23?/m1/s1. The van der Waals surface area contributed by atoms with Crippen LogP contribution < -0.4 is 5.73 Å². The first-order chi connectivity index (χ1) is 16.6. The molecule has 36 heavy (non-hydrogen) atoms. The van der Waals surface area contributed by atoms with Crippen molar-refractivity contribution >= 4 is 5.91 Å². The highest BCUT2D eigenvalue weighted by atomic mass is 19.4. The summed E-state index contributed by atoms with van der Waals surface area (Å²) in [4.78, 5) is 14.7. The fourth-order valence-corrected chi connectivity index (χ4v) is 5.23. The SMILES string of the molecule is C[C@@H](O[C@H]1CN2C(=O)C(C)(CN)C[C@H]2[C@@H]1c1ccc(F)cc1)c1cc(C(F)(F)F)cc(C(F)(F)F)c1. The van der Waals surface area contributed by atoms with Gasteiger partial charge in [0.2, 0.25) is 5.91 Å². The van der Waals surface area contributed by atoms with Gasteiger partial charge in [0.1, 0.15) is 5.82 Å². The number of halogens is 7. The van der Waals surface area contributed by atoms with E-state index >= 15 is 0 Å². The number of amides is 1. The maximum absolute atomic E-state index is 13.6. The normalized spacial score (nSPS) is 27.4. The number of carbonyl (C=O) groups excluding carboxylic acids is 1. The number of hydrogen-bond donors (Lipinski definition) is 1. The summed E-state index contributed by atoms with van der Waals surface area (Å²) in [5, 5.41) is 0. The highest BCUT2D eigenvalue weighted by Crippen LogP contribution is 2.49. The molecule has 1 unspecified atom stereocenters. The number of nitrogens with two attached hydrogens (primary N) is 1. The van der Waals surface area contributed by atoms with Crippen molar-refractivity contribution in [2.24, 2.45) is 11.1 Å². The van der Waals surface area contributed by atoms with Gasteiger partial charge in [-0.25, -0.2) is 4.39 Å². The van der Waals surface area contributed by atoms with Crippen LogP contribution in [0.2, 0.25) is 0 Å². The van der Waals surface area contributed by atoms with E-state index in [4.69, 9.17) is 10.5 Å². The summed E-state index contributed by atoms with van der Waals surface area (Å²) in [7, 11) is 0. The maximum atomic E-state index is 13.6. The van der Waals surface area contributed by atoms with E-state index in [1.54, 1.807) is 24.0 Å². The number of fused-ring (bicyclic) bond motifs is 1. The van der Waals surface area contributed by atoms with Gasteiger partial charge in [-0.05, 0) is 61.7 Å². The van der Waals surface area contributed by atoms with Gasteiger partial charge in [-0.3, -0.25) is 4.79 Å². The van der Waals surface area contributed by atoms with Crippen LogP contribution in [0.3, 0.4) is 0 Å². The van der Waals surface area contributed by atoms with Crippen molar-refractivity contribution in [3.05, 3.63) is 70.5 Å². The Hall–Kier alpha value is -2.66. The van der Waals surface area contributed by atoms with E-state index in [1.165, 1.54) is 19.1 Å². The predicted octanol–water partition coefficient (Wildman–Crippen LogP) is 5.67. The lowest BCUT2D eigenvalue weighted by molar-refractivity contribution is -0.143. The summed E-state index contributed by atoms with van der Waals surface area (Å²) in [5.74, 6) is -1.14. The Morgan fingerprint density at radius 2 is 1.61 bits per heavy atom. The number of benzene rings is 2. The molecule has 0 radical (unpaired) electrons. The molecule has 11 heteroatoms. The molecule has 2 fully saturated rings. The second-order valence-electron chi connectivity index (χ2n) is 9.73. The molecular weight excluding hydrogens is 493 g/mol. The van der Waals surface area contributed by atoms with Gasteiger partial charge >= 0.3 is 12.4 Å². The number of rotatable bonds is 5. The largest absolute Gasteiger partial charge is 0.416 e. The van der Waals surface area contributed by atoms with E-state index in [9.17, 15) is 35.5 Å². The van der Waals surface area contributed by atoms with E-state index in [0.717, 1.165) is 0 Å². The summed E-state index contributed by atoms with van der Waals surface area (Å²) in [6.07, 6.45) is -11.5. The summed E-state index contributed by atoms with van der Waals surface area (Å²) >= 11 is 0. The summed E-state index contributed by atoms with van der Waals surface area (Å²) in [6, 6.07) is 6.56. The third-order valence-electron chi connectivity index (χ3n) is 7.19. The van der Waals surface area contributed by atoms with Crippen LogP contribution in [-0.4, -0.2) is 36.0 Å². The fraction of sp³-hybridized carbons (Fsp3) is 0.480. The van der Waals surface area contributed by atoms with Gasteiger partial charge in [0.15, 0.2) is 0 Å². The highest BCUT2D eigenvalue weighted by Gasteiger charge is 2.56. The topological polar surface area (TPSA) is 55.6 Å². The first kappa shape index (κ1) is 26.4. The van der Waals surface area contributed by atoms with Crippen molar-refractivity contribution in [3.8, 4) is 0 Å². The minimum atomic E-state index is -4.98. The molecule has 4 rings (SSSR count). The molecule has 0 spiro atoms. The second kappa shape index (κ2) is 9.02. The van der Waals surface area contributed by atoms with E-state index in [0.29, 0.717) is 24.1 Å². The van der Waals surface area contributed by atoms with Gasteiger partial charge in [-0.2, -0.15) is 26.3 Å². The van der Waals surface area contributed by atoms with Crippen molar-refractivity contribution < 1.29 is 40.3 Å². The smallest absolute Gasteiger partial charge is 0.368 e. The fourth-order valence-electron chi connectivity index (χ4n) is 5.23. The van der Waals surface area contributed by atoms with Crippen LogP contribution in [-0.2, 0) is 21.9 Å². The molecule has 2 aliphatic heterocycles. The van der Waals surface area contributed by atoms with Gasteiger partial charge in [-0.15, -0.1) is 0 Å². The van der Waals surface area contributed by atoms with Gasteiger partial charge in [-0.1, -0.05) is 12.1 Å². The van der Waals surface area contributed by atoms with E-state index in [1.807, 2.05) is 0 Å². The molecule has 5 atom stereocenters. The van der Waals surface area contributed by atoms with Gasteiger partial charge in [0.05, 0.1) is 28.7 Å². The molecule has 2 N–H and O–H groups in total. The molecular formula is C25H25F7N2O2. The third kappa shape index (κ3) is 4.82. The number of alkyl halides is 6. The zero-order chi connectivity index (χ0) is 26.6. The molecule has 2 aromatic rings. The molecule has 2 aliphatic rings. The highest BCUT2D eigenvalue weighted by molar-refractivity contribution is 5.86. The maximum Gasteiger partial charge on any atom is 0.416 e. The third-order valence-corrected chi connectivity index (χ3v) is 7.19. The van der Waals surface area contributed by atoms with Crippen LogP contribution in [0.5, 0.6) is 0 Å². The van der Waals surface area contributed by atoms with Crippen LogP contribution in [0, 0.1) is 11.2 Å². The van der Waals surface area contributed by atoms with Crippen LogP contribution >= 0.6 is 0 Å². The molecule has 2 heterocycles.